The number of benzene rings is 3. The molecular formula is C30H23N3O3. The maximum atomic E-state index is 11.5. The fourth-order valence-electron chi connectivity index (χ4n) is 5.91. The third-order valence-electron chi connectivity index (χ3n) is 7.59. The normalized spacial score (nSPS) is 22.1. The monoisotopic (exact) mass is 473 g/mol. The molecule has 2 aliphatic rings. The Morgan fingerprint density at radius 2 is 1.64 bits per heavy atom. The third kappa shape index (κ3) is 2.99. The fraction of sp³-hybridized carbons (Fsp3) is 0.200. The van der Waals surface area contributed by atoms with Gasteiger partial charge in [-0.05, 0) is 56.0 Å². The second-order valence-corrected chi connectivity index (χ2v) is 9.69. The smallest absolute Gasteiger partial charge is 0.205 e. The first-order valence-electron chi connectivity index (χ1n) is 11.9. The molecule has 3 aromatic carbocycles. The van der Waals surface area contributed by atoms with E-state index >= 15 is 0 Å². The van der Waals surface area contributed by atoms with E-state index in [1.807, 2.05) is 55.5 Å². The van der Waals surface area contributed by atoms with Crippen molar-refractivity contribution < 1.29 is 14.9 Å². The molecule has 2 N–H and O–H groups in total. The van der Waals surface area contributed by atoms with E-state index in [0.29, 0.717) is 34.4 Å². The molecule has 0 aliphatic carbocycles. The van der Waals surface area contributed by atoms with Crippen molar-refractivity contribution in [2.45, 2.75) is 37.4 Å². The van der Waals surface area contributed by atoms with Gasteiger partial charge in [0.1, 0.15) is 5.60 Å². The third-order valence-corrected chi connectivity index (χ3v) is 7.59. The predicted octanol–water partition coefficient (Wildman–Crippen LogP) is 6.12. The number of ether oxygens (including phenoxy) is 1. The van der Waals surface area contributed by atoms with E-state index in [0.717, 1.165) is 29.2 Å². The standard InChI is InChI=1S/C30H23N3O3/c1-29-15-16-30(36-29,14-4-5-19-8-10-20(17-31)11-9-19)26-25(29)27(34)33(28(26)35)24-13-12-21(18-32)22-6-2-3-7-23(22)24/h2-13,34-35H,14-16H2,1H3/t29-,30+/m1/s1. The van der Waals surface area contributed by atoms with Gasteiger partial charge >= 0.3 is 0 Å². The van der Waals surface area contributed by atoms with Gasteiger partial charge in [0.2, 0.25) is 11.8 Å². The van der Waals surface area contributed by atoms with Gasteiger partial charge in [0.15, 0.2) is 0 Å². The lowest BCUT2D eigenvalue weighted by Crippen LogP contribution is -2.21. The first-order valence-corrected chi connectivity index (χ1v) is 11.9. The van der Waals surface area contributed by atoms with Crippen LogP contribution in [0.2, 0.25) is 0 Å². The highest BCUT2D eigenvalue weighted by Gasteiger charge is 2.61. The molecule has 1 saturated heterocycles. The van der Waals surface area contributed by atoms with Crippen LogP contribution in [0.3, 0.4) is 0 Å². The van der Waals surface area contributed by atoms with Gasteiger partial charge in [0, 0.05) is 10.8 Å². The van der Waals surface area contributed by atoms with Crippen molar-refractivity contribution >= 4 is 16.8 Å². The Labute approximate surface area is 208 Å². The number of hydrogen-bond donors (Lipinski definition) is 2. The highest BCUT2D eigenvalue weighted by molar-refractivity contribution is 5.95. The lowest BCUT2D eigenvalue weighted by Gasteiger charge is -2.25. The van der Waals surface area contributed by atoms with Gasteiger partial charge in [-0.25, -0.2) is 0 Å². The zero-order valence-corrected chi connectivity index (χ0v) is 19.7. The van der Waals surface area contributed by atoms with Gasteiger partial charge in [-0.3, -0.25) is 4.57 Å². The molecule has 2 bridgehead atoms. The maximum Gasteiger partial charge on any atom is 0.205 e. The second-order valence-electron chi connectivity index (χ2n) is 9.69. The van der Waals surface area contributed by atoms with Crippen molar-refractivity contribution in [3.8, 4) is 29.6 Å². The summed E-state index contributed by atoms with van der Waals surface area (Å²) in [5.41, 5.74) is 2.54. The zero-order valence-electron chi connectivity index (χ0n) is 19.7. The molecule has 0 saturated carbocycles. The van der Waals surface area contributed by atoms with E-state index < -0.39 is 11.2 Å². The van der Waals surface area contributed by atoms with E-state index in [2.05, 4.69) is 12.1 Å². The minimum atomic E-state index is -0.748. The number of aromatic nitrogens is 1. The molecule has 2 atom stereocenters. The summed E-state index contributed by atoms with van der Waals surface area (Å²) in [5, 5.41) is 43.1. The maximum absolute atomic E-state index is 11.5. The molecule has 0 spiro atoms. The van der Waals surface area contributed by atoms with Gasteiger partial charge in [-0.1, -0.05) is 48.6 Å². The van der Waals surface area contributed by atoms with Crippen LogP contribution in [0, 0.1) is 22.7 Å². The molecule has 4 aromatic rings. The van der Waals surface area contributed by atoms with Gasteiger partial charge in [0.05, 0.1) is 45.7 Å². The molecule has 0 radical (unpaired) electrons. The number of hydrogen-bond acceptors (Lipinski definition) is 5. The van der Waals surface area contributed by atoms with Gasteiger partial charge in [-0.15, -0.1) is 0 Å². The molecule has 2 aliphatic heterocycles. The van der Waals surface area contributed by atoms with Gasteiger partial charge in [0.25, 0.3) is 0 Å². The van der Waals surface area contributed by atoms with E-state index in [1.54, 1.807) is 24.3 Å². The van der Waals surface area contributed by atoms with Crippen molar-refractivity contribution in [1.82, 2.24) is 4.57 Å². The number of aromatic hydroxyl groups is 2. The van der Waals surface area contributed by atoms with Crippen LogP contribution < -0.4 is 0 Å². The highest BCUT2D eigenvalue weighted by atomic mass is 16.5. The Hall–Kier alpha value is -4.52. The van der Waals surface area contributed by atoms with Crippen LogP contribution in [0.5, 0.6) is 11.8 Å². The fourth-order valence-corrected chi connectivity index (χ4v) is 5.91. The molecule has 0 amide bonds. The molecule has 36 heavy (non-hydrogen) atoms. The number of nitriles is 2. The number of fused-ring (bicyclic) bond motifs is 6. The van der Waals surface area contributed by atoms with Crippen LogP contribution in [-0.4, -0.2) is 14.8 Å². The summed E-state index contributed by atoms with van der Waals surface area (Å²) < 4.78 is 8.02. The first-order chi connectivity index (χ1) is 17.4. The van der Waals surface area contributed by atoms with Crippen LogP contribution in [0.25, 0.3) is 22.5 Å². The Bertz CT molecular complexity index is 1650. The van der Waals surface area contributed by atoms with E-state index in [4.69, 9.17) is 10.00 Å². The Morgan fingerprint density at radius 3 is 2.36 bits per heavy atom. The summed E-state index contributed by atoms with van der Waals surface area (Å²) in [6.07, 6.45) is 5.98. The lowest BCUT2D eigenvalue weighted by atomic mass is 9.77. The minimum absolute atomic E-state index is 0.0301. The van der Waals surface area contributed by atoms with Gasteiger partial charge in [-0.2, -0.15) is 10.5 Å². The van der Waals surface area contributed by atoms with E-state index in [9.17, 15) is 15.5 Å². The molecular weight excluding hydrogens is 450 g/mol. The average molecular weight is 474 g/mol. The van der Waals surface area contributed by atoms with Crippen LogP contribution in [0.15, 0.2) is 66.7 Å². The quantitative estimate of drug-likeness (QED) is 0.372. The summed E-state index contributed by atoms with van der Waals surface area (Å²) in [6, 6.07) is 22.7. The van der Waals surface area contributed by atoms with Crippen LogP contribution >= 0.6 is 0 Å². The molecule has 6 rings (SSSR count). The Morgan fingerprint density at radius 1 is 0.917 bits per heavy atom. The zero-order chi connectivity index (χ0) is 25.1. The molecule has 3 heterocycles. The van der Waals surface area contributed by atoms with Crippen LogP contribution in [-0.2, 0) is 15.9 Å². The van der Waals surface area contributed by atoms with Crippen molar-refractivity contribution in [2.75, 3.05) is 0 Å². The number of rotatable bonds is 4. The van der Waals surface area contributed by atoms with E-state index in [1.165, 1.54) is 4.57 Å². The highest BCUT2D eigenvalue weighted by Crippen LogP contribution is 2.65. The lowest BCUT2D eigenvalue weighted by molar-refractivity contribution is -0.0772. The summed E-state index contributed by atoms with van der Waals surface area (Å²) >= 11 is 0. The van der Waals surface area contributed by atoms with E-state index in [-0.39, 0.29) is 11.8 Å². The average Bonchev–Trinajstić information content (AvgIpc) is 3.48. The Balaban J connectivity index is 1.45. The summed E-state index contributed by atoms with van der Waals surface area (Å²) in [5.74, 6) is -0.0648. The van der Waals surface area contributed by atoms with Crippen molar-refractivity contribution in [3.63, 3.8) is 0 Å². The largest absolute Gasteiger partial charge is 0.494 e. The second kappa shape index (κ2) is 7.75. The molecule has 1 aromatic heterocycles. The van der Waals surface area contributed by atoms with Crippen molar-refractivity contribution in [1.29, 1.82) is 10.5 Å². The predicted molar refractivity (Wildman–Crippen MR) is 135 cm³/mol. The first kappa shape index (κ1) is 22.0. The van der Waals surface area contributed by atoms with Gasteiger partial charge < -0.3 is 14.9 Å². The molecule has 6 heteroatoms. The van der Waals surface area contributed by atoms with Crippen molar-refractivity contribution in [2.24, 2.45) is 0 Å². The molecule has 0 unspecified atom stereocenters. The summed E-state index contributed by atoms with van der Waals surface area (Å²) in [6.45, 7) is 1.96. The summed E-state index contributed by atoms with van der Waals surface area (Å²) in [7, 11) is 0. The minimum Gasteiger partial charge on any atom is -0.494 e. The molecule has 6 nitrogen and oxygen atoms in total. The van der Waals surface area contributed by atoms with Crippen molar-refractivity contribution in [3.05, 3.63) is 94.6 Å². The van der Waals surface area contributed by atoms with Crippen LogP contribution in [0.4, 0.5) is 0 Å². The Kier molecular flexibility index (Phi) is 4.73. The van der Waals surface area contributed by atoms with Crippen LogP contribution in [0.1, 0.15) is 54.0 Å². The SMILES string of the molecule is C[C@]12CC[C@](CC=Cc3ccc(C#N)cc3)(O1)c1c2c(O)n(-c2ccc(C#N)c3ccccc23)c1O. The molecule has 176 valence electrons. The topological polar surface area (TPSA) is 102 Å². The molecule has 1 fully saturated rings. The number of nitrogens with zero attached hydrogens (tertiary/aromatic N) is 3. The summed E-state index contributed by atoms with van der Waals surface area (Å²) in [4.78, 5) is 0.